The summed E-state index contributed by atoms with van der Waals surface area (Å²) >= 11 is 0. The average molecular weight is 218 g/mol. The molecule has 0 saturated heterocycles. The normalized spacial score (nSPS) is 23.6. The van der Waals surface area contributed by atoms with Gasteiger partial charge in [-0.15, -0.1) is 0 Å². The molecule has 0 radical (unpaired) electrons. The Bertz CT molecular complexity index is 340. The number of pyridine rings is 1. The molecule has 0 spiro atoms. The highest BCUT2D eigenvalue weighted by atomic mass is 15.0. The molecule has 0 bridgehead atoms. The van der Waals surface area contributed by atoms with Crippen LogP contribution < -0.4 is 5.32 Å². The Balaban J connectivity index is 1.90. The number of nitrogens with zero attached hydrogens (tertiary/aromatic N) is 1. The largest absolute Gasteiger partial charge is 0.308 e. The molecule has 0 aliphatic heterocycles. The third kappa shape index (κ3) is 2.62. The van der Waals surface area contributed by atoms with Gasteiger partial charge < -0.3 is 5.32 Å². The Morgan fingerprint density at radius 1 is 1.44 bits per heavy atom. The van der Waals surface area contributed by atoms with Gasteiger partial charge in [-0.2, -0.15) is 0 Å². The summed E-state index contributed by atoms with van der Waals surface area (Å²) in [5, 5.41) is 3.65. The second kappa shape index (κ2) is 4.54. The van der Waals surface area contributed by atoms with Crippen LogP contribution >= 0.6 is 0 Å². The van der Waals surface area contributed by atoms with Crippen molar-refractivity contribution in [2.75, 3.05) is 0 Å². The van der Waals surface area contributed by atoms with Crippen LogP contribution in [-0.4, -0.2) is 11.0 Å². The standard InChI is InChI=1S/C14H22N2/c1-11-6-7-12(15-9-11)10-16-13-5-4-8-14(13,2)3/h6-7,9,13,16H,4-5,8,10H2,1-3H3. The smallest absolute Gasteiger partial charge is 0.0541 e. The molecule has 1 saturated carbocycles. The molecular formula is C14H22N2. The molecule has 2 heteroatoms. The molecule has 0 amide bonds. The van der Waals surface area contributed by atoms with Crippen LogP contribution in [-0.2, 0) is 6.54 Å². The highest BCUT2D eigenvalue weighted by molar-refractivity contribution is 5.12. The Labute approximate surface area is 98.5 Å². The molecule has 0 aromatic carbocycles. The Hall–Kier alpha value is -0.890. The Morgan fingerprint density at radius 3 is 2.81 bits per heavy atom. The van der Waals surface area contributed by atoms with E-state index in [-0.39, 0.29) is 0 Å². The number of hydrogen-bond donors (Lipinski definition) is 1. The predicted octanol–water partition coefficient (Wildman–Crippen LogP) is 3.06. The molecule has 1 aliphatic rings. The van der Waals surface area contributed by atoms with Crippen LogP contribution in [0.15, 0.2) is 18.3 Å². The maximum Gasteiger partial charge on any atom is 0.0541 e. The lowest BCUT2D eigenvalue weighted by Crippen LogP contribution is -2.37. The summed E-state index contributed by atoms with van der Waals surface area (Å²) < 4.78 is 0. The second-order valence-electron chi connectivity index (χ2n) is 5.64. The molecule has 1 N–H and O–H groups in total. The topological polar surface area (TPSA) is 24.9 Å². The van der Waals surface area contributed by atoms with Crippen LogP contribution in [0.25, 0.3) is 0 Å². The lowest BCUT2D eigenvalue weighted by atomic mass is 9.87. The van der Waals surface area contributed by atoms with Gasteiger partial charge in [-0.1, -0.05) is 26.3 Å². The molecule has 1 aliphatic carbocycles. The van der Waals surface area contributed by atoms with Crippen molar-refractivity contribution < 1.29 is 0 Å². The zero-order valence-corrected chi connectivity index (χ0v) is 10.6. The number of hydrogen-bond acceptors (Lipinski definition) is 2. The average Bonchev–Trinajstić information content (AvgIpc) is 2.57. The minimum Gasteiger partial charge on any atom is -0.308 e. The van der Waals surface area contributed by atoms with E-state index in [0.717, 1.165) is 12.2 Å². The fourth-order valence-electron chi connectivity index (χ4n) is 2.54. The molecule has 1 fully saturated rings. The van der Waals surface area contributed by atoms with Gasteiger partial charge in [0.25, 0.3) is 0 Å². The van der Waals surface area contributed by atoms with E-state index < -0.39 is 0 Å². The molecule has 1 aromatic rings. The molecule has 16 heavy (non-hydrogen) atoms. The van der Waals surface area contributed by atoms with Crippen LogP contribution in [0.5, 0.6) is 0 Å². The van der Waals surface area contributed by atoms with Gasteiger partial charge in [0.2, 0.25) is 0 Å². The number of aromatic nitrogens is 1. The van der Waals surface area contributed by atoms with Gasteiger partial charge in [0.15, 0.2) is 0 Å². The van der Waals surface area contributed by atoms with E-state index >= 15 is 0 Å². The van der Waals surface area contributed by atoms with Gasteiger partial charge in [-0.3, -0.25) is 4.98 Å². The zero-order valence-electron chi connectivity index (χ0n) is 10.6. The van der Waals surface area contributed by atoms with Crippen LogP contribution in [0.1, 0.15) is 44.4 Å². The minimum absolute atomic E-state index is 0.449. The summed E-state index contributed by atoms with van der Waals surface area (Å²) in [6, 6.07) is 4.89. The molecule has 1 atom stereocenters. The van der Waals surface area contributed by atoms with Crippen molar-refractivity contribution in [2.24, 2.45) is 5.41 Å². The first-order valence-corrected chi connectivity index (χ1v) is 6.23. The molecule has 1 heterocycles. The van der Waals surface area contributed by atoms with Crippen molar-refractivity contribution in [3.8, 4) is 0 Å². The van der Waals surface area contributed by atoms with E-state index in [1.54, 1.807) is 0 Å². The summed E-state index contributed by atoms with van der Waals surface area (Å²) in [7, 11) is 0. The summed E-state index contributed by atoms with van der Waals surface area (Å²) in [6.45, 7) is 7.69. The molecular weight excluding hydrogens is 196 g/mol. The zero-order chi connectivity index (χ0) is 11.6. The number of nitrogens with one attached hydrogen (secondary N) is 1. The van der Waals surface area contributed by atoms with E-state index in [9.17, 15) is 0 Å². The Kier molecular flexibility index (Phi) is 3.29. The van der Waals surface area contributed by atoms with Crippen LogP contribution in [0, 0.1) is 12.3 Å². The first kappa shape index (κ1) is 11.6. The van der Waals surface area contributed by atoms with Gasteiger partial charge in [0, 0.05) is 18.8 Å². The van der Waals surface area contributed by atoms with Crippen molar-refractivity contribution in [3.63, 3.8) is 0 Å². The first-order valence-electron chi connectivity index (χ1n) is 6.23. The fraction of sp³-hybridized carbons (Fsp3) is 0.643. The van der Waals surface area contributed by atoms with Crippen LogP contribution in [0.3, 0.4) is 0 Å². The molecule has 88 valence electrons. The van der Waals surface area contributed by atoms with Gasteiger partial charge in [0.1, 0.15) is 0 Å². The van der Waals surface area contributed by atoms with E-state index in [4.69, 9.17) is 0 Å². The number of aryl methyl sites for hydroxylation is 1. The van der Waals surface area contributed by atoms with Crippen molar-refractivity contribution in [1.29, 1.82) is 0 Å². The van der Waals surface area contributed by atoms with Crippen molar-refractivity contribution in [2.45, 2.75) is 52.6 Å². The highest BCUT2D eigenvalue weighted by Gasteiger charge is 2.33. The summed E-state index contributed by atoms with van der Waals surface area (Å²) in [4.78, 5) is 4.42. The van der Waals surface area contributed by atoms with E-state index in [0.29, 0.717) is 11.5 Å². The quantitative estimate of drug-likeness (QED) is 0.843. The minimum atomic E-state index is 0.449. The monoisotopic (exact) mass is 218 g/mol. The van der Waals surface area contributed by atoms with Crippen molar-refractivity contribution in [1.82, 2.24) is 10.3 Å². The van der Waals surface area contributed by atoms with Gasteiger partial charge in [0.05, 0.1) is 5.69 Å². The third-order valence-electron chi connectivity index (χ3n) is 3.76. The van der Waals surface area contributed by atoms with E-state index in [1.165, 1.54) is 24.8 Å². The first-order chi connectivity index (χ1) is 7.58. The van der Waals surface area contributed by atoms with E-state index in [2.05, 4.69) is 43.2 Å². The number of rotatable bonds is 3. The third-order valence-corrected chi connectivity index (χ3v) is 3.76. The fourth-order valence-corrected chi connectivity index (χ4v) is 2.54. The molecule has 1 aromatic heterocycles. The lowest BCUT2D eigenvalue weighted by molar-refractivity contribution is 0.282. The maximum absolute atomic E-state index is 4.42. The SMILES string of the molecule is Cc1ccc(CNC2CCCC2(C)C)nc1. The highest BCUT2D eigenvalue weighted by Crippen LogP contribution is 2.37. The molecule has 1 unspecified atom stereocenters. The van der Waals surface area contributed by atoms with Crippen molar-refractivity contribution >= 4 is 0 Å². The van der Waals surface area contributed by atoms with Gasteiger partial charge >= 0.3 is 0 Å². The predicted molar refractivity (Wildman–Crippen MR) is 67.2 cm³/mol. The summed E-state index contributed by atoms with van der Waals surface area (Å²) in [5.74, 6) is 0. The van der Waals surface area contributed by atoms with Crippen molar-refractivity contribution in [3.05, 3.63) is 29.6 Å². The van der Waals surface area contributed by atoms with Gasteiger partial charge in [-0.25, -0.2) is 0 Å². The van der Waals surface area contributed by atoms with E-state index in [1.807, 2.05) is 6.20 Å². The Morgan fingerprint density at radius 2 is 2.25 bits per heavy atom. The lowest BCUT2D eigenvalue weighted by Gasteiger charge is -2.27. The second-order valence-corrected chi connectivity index (χ2v) is 5.64. The maximum atomic E-state index is 4.42. The van der Waals surface area contributed by atoms with Gasteiger partial charge in [-0.05, 0) is 36.8 Å². The molecule has 2 rings (SSSR count). The van der Waals surface area contributed by atoms with Crippen LogP contribution in [0.2, 0.25) is 0 Å². The summed E-state index contributed by atoms with van der Waals surface area (Å²) in [6.07, 6.45) is 5.94. The van der Waals surface area contributed by atoms with Crippen LogP contribution in [0.4, 0.5) is 0 Å². The molecule has 2 nitrogen and oxygen atoms in total. The summed E-state index contributed by atoms with van der Waals surface area (Å²) in [5.41, 5.74) is 2.82.